The van der Waals surface area contributed by atoms with Crippen LogP contribution in [0.3, 0.4) is 0 Å². The third-order valence-electron chi connectivity index (χ3n) is 7.68. The number of alkyl halides is 1. The van der Waals surface area contributed by atoms with Crippen LogP contribution in [0.15, 0.2) is 30.0 Å². The van der Waals surface area contributed by atoms with E-state index in [9.17, 15) is 28.3 Å². The second-order valence-corrected chi connectivity index (χ2v) is 14.8. The smallest absolute Gasteiger partial charge is 0.387 e. The average molecular weight is 708 g/mol. The van der Waals surface area contributed by atoms with Crippen molar-refractivity contribution in [2.75, 3.05) is 18.9 Å². The standard InChI is InChI=1S/C22H24F2N8O11P2S/c1-30-6-29-18-11(20(30)34)8(23)2-31(18)22-16-14(33)9(40-22)3-39-45(37,46)43-15-10(4-38-44(35,36)42-16)41-21(12(15)24)32-7-28-13-17(25)26-5-27-19(13)32/h2,5-7,9-10,12,14-16,21-22,33H,3-4H2,1H3,(H,35,36)(H,37,46)(H2,25,26,27)/t9-,10-,12-,14-,15-,16-,21-,22-,45?/m1/s1. The summed E-state index contributed by atoms with van der Waals surface area (Å²) in [6.07, 6.45) is -9.24. The maximum atomic E-state index is 16.0. The number of aliphatic hydroxyl groups is 1. The van der Waals surface area contributed by atoms with E-state index in [0.29, 0.717) is 0 Å². The quantitative estimate of drug-likeness (QED) is 0.166. The number of rotatable bonds is 2. The van der Waals surface area contributed by atoms with E-state index >= 15 is 4.39 Å². The highest BCUT2D eigenvalue weighted by molar-refractivity contribution is 8.44. The van der Waals surface area contributed by atoms with Crippen molar-refractivity contribution in [1.82, 2.24) is 33.6 Å². The lowest BCUT2D eigenvalue weighted by atomic mass is 10.1. The molecule has 46 heavy (non-hydrogen) atoms. The van der Waals surface area contributed by atoms with Crippen molar-refractivity contribution in [3.63, 3.8) is 0 Å². The molecule has 10 atom stereocenters. The molecule has 7 rings (SSSR count). The Kier molecular flexibility index (Phi) is 7.84. The first kappa shape index (κ1) is 31.7. The Labute approximate surface area is 260 Å². The molecule has 2 bridgehead atoms. The lowest BCUT2D eigenvalue weighted by molar-refractivity contribution is -0.0628. The number of thiol groups is 1. The highest BCUT2D eigenvalue weighted by atomic mass is 32.7. The summed E-state index contributed by atoms with van der Waals surface area (Å²) in [7, 11) is -3.81. The number of aliphatic hydroxyl groups excluding tert-OH is 1. The number of halogens is 2. The summed E-state index contributed by atoms with van der Waals surface area (Å²) in [5.74, 6) is -0.983. The van der Waals surface area contributed by atoms with E-state index in [2.05, 4.69) is 32.2 Å². The molecule has 248 valence electrons. The number of phosphoric ester groups is 1. The van der Waals surface area contributed by atoms with Crippen LogP contribution in [0, 0.1) is 5.82 Å². The fourth-order valence-corrected chi connectivity index (χ4v) is 7.92. The highest BCUT2D eigenvalue weighted by Crippen LogP contribution is 2.58. The minimum atomic E-state index is -5.17. The molecule has 0 saturated carbocycles. The molecule has 19 nitrogen and oxygen atoms in total. The third-order valence-corrected chi connectivity index (χ3v) is 10.3. The maximum Gasteiger partial charge on any atom is 0.472 e. The van der Waals surface area contributed by atoms with Crippen LogP contribution in [0.25, 0.3) is 22.2 Å². The first-order chi connectivity index (χ1) is 21.7. The van der Waals surface area contributed by atoms with Gasteiger partial charge in [-0.25, -0.2) is 37.8 Å². The van der Waals surface area contributed by atoms with Gasteiger partial charge in [-0.3, -0.25) is 27.5 Å². The Balaban J connectivity index is 1.21. The number of ether oxygens (including phenoxy) is 2. The van der Waals surface area contributed by atoms with Gasteiger partial charge in [0.1, 0.15) is 47.8 Å². The number of phosphoric acid groups is 1. The molecule has 0 aromatic carbocycles. The summed E-state index contributed by atoms with van der Waals surface area (Å²) in [6.45, 7) is -6.09. The van der Waals surface area contributed by atoms with Gasteiger partial charge >= 0.3 is 14.6 Å². The van der Waals surface area contributed by atoms with Gasteiger partial charge in [-0.05, 0) is 0 Å². The molecule has 0 radical (unpaired) electrons. The number of aromatic nitrogens is 7. The Morgan fingerprint density at radius 2 is 1.74 bits per heavy atom. The number of fused-ring (bicyclic) bond motifs is 5. The van der Waals surface area contributed by atoms with Crippen molar-refractivity contribution in [3.05, 3.63) is 41.3 Å². The van der Waals surface area contributed by atoms with Crippen LogP contribution in [-0.4, -0.2) is 93.5 Å². The van der Waals surface area contributed by atoms with Crippen LogP contribution < -0.4 is 11.3 Å². The molecular weight excluding hydrogens is 684 g/mol. The van der Waals surface area contributed by atoms with Crippen molar-refractivity contribution in [3.8, 4) is 0 Å². The summed E-state index contributed by atoms with van der Waals surface area (Å²) in [6, 6.07) is 0. The first-order valence-electron chi connectivity index (χ1n) is 13.3. The van der Waals surface area contributed by atoms with Gasteiger partial charge in [-0.1, -0.05) is 12.2 Å². The number of nitrogens with two attached hydrogens (primary N) is 1. The molecule has 7 heterocycles. The van der Waals surface area contributed by atoms with E-state index in [1.807, 2.05) is 0 Å². The zero-order valence-corrected chi connectivity index (χ0v) is 25.9. The lowest BCUT2D eigenvalue weighted by Crippen LogP contribution is -2.35. The summed E-state index contributed by atoms with van der Waals surface area (Å²) >= 11 is 3.95. The van der Waals surface area contributed by atoms with Gasteiger partial charge in [0, 0.05) is 13.2 Å². The Bertz CT molecular complexity index is 2000. The molecule has 24 heteroatoms. The van der Waals surface area contributed by atoms with Crippen LogP contribution in [0.1, 0.15) is 12.5 Å². The van der Waals surface area contributed by atoms with Crippen LogP contribution in [0.5, 0.6) is 0 Å². The average Bonchev–Trinajstić information content (AvgIpc) is 3.73. The van der Waals surface area contributed by atoms with Crippen molar-refractivity contribution in [2.45, 2.75) is 49.1 Å². The Hall–Kier alpha value is -2.88. The molecule has 0 spiro atoms. The minimum absolute atomic E-state index is 0.0113. The molecule has 0 amide bonds. The van der Waals surface area contributed by atoms with Gasteiger partial charge < -0.3 is 34.3 Å². The van der Waals surface area contributed by atoms with E-state index in [1.165, 1.54) is 17.9 Å². The maximum absolute atomic E-state index is 16.0. The van der Waals surface area contributed by atoms with Crippen LogP contribution in [0.2, 0.25) is 0 Å². The Morgan fingerprint density at radius 1 is 1.00 bits per heavy atom. The van der Waals surface area contributed by atoms with Crippen LogP contribution in [-0.2, 0) is 43.7 Å². The number of aryl methyl sites for hydroxylation is 1. The van der Waals surface area contributed by atoms with E-state index in [-0.39, 0.29) is 22.6 Å². The number of hydrogen-bond acceptors (Lipinski definition) is 15. The van der Waals surface area contributed by atoms with Crippen molar-refractivity contribution >= 4 is 54.9 Å². The van der Waals surface area contributed by atoms with E-state index < -0.39 is 93.7 Å². The second-order valence-electron chi connectivity index (χ2n) is 10.6. The zero-order valence-electron chi connectivity index (χ0n) is 23.2. The van der Waals surface area contributed by atoms with Gasteiger partial charge in [0.05, 0.1) is 25.9 Å². The van der Waals surface area contributed by atoms with Gasteiger partial charge in [0.2, 0.25) is 0 Å². The second kappa shape index (κ2) is 11.4. The SMILES string of the molecule is Cn1cnc2c(c(F)cn2[C@@H]2O[C@@H]3COP(=O)(S)O[C@H]4[C@@H](F)[C@H](n5cnc6c(N)ncnc65)O[C@@H]4COP(=O)(O)O[C@@H]2[C@@H]3O)c1=O. The fraction of sp³-hybridized carbons (Fsp3) is 0.500. The van der Waals surface area contributed by atoms with Gasteiger partial charge in [-0.2, -0.15) is 0 Å². The highest BCUT2D eigenvalue weighted by Gasteiger charge is 2.54. The number of imidazole rings is 1. The molecule has 3 aliphatic rings. The van der Waals surface area contributed by atoms with Crippen LogP contribution in [0.4, 0.5) is 14.6 Å². The monoisotopic (exact) mass is 708 g/mol. The fourth-order valence-electron chi connectivity index (χ4n) is 5.51. The molecule has 0 aliphatic carbocycles. The van der Waals surface area contributed by atoms with E-state index in [0.717, 1.165) is 28.0 Å². The van der Waals surface area contributed by atoms with Crippen molar-refractivity contribution in [2.24, 2.45) is 7.05 Å². The largest absolute Gasteiger partial charge is 0.472 e. The van der Waals surface area contributed by atoms with Gasteiger partial charge in [0.25, 0.3) is 5.56 Å². The summed E-state index contributed by atoms with van der Waals surface area (Å²) in [4.78, 5) is 39.3. The molecule has 4 aromatic rings. The Morgan fingerprint density at radius 3 is 2.52 bits per heavy atom. The zero-order chi connectivity index (χ0) is 32.7. The number of anilines is 1. The third kappa shape index (κ3) is 5.36. The van der Waals surface area contributed by atoms with Gasteiger partial charge in [0.15, 0.2) is 41.6 Å². The molecule has 4 N–H and O–H groups in total. The van der Waals surface area contributed by atoms with Crippen molar-refractivity contribution in [1.29, 1.82) is 0 Å². The summed E-state index contributed by atoms with van der Waals surface area (Å²) in [5, 5.41) is 10.6. The van der Waals surface area contributed by atoms with Crippen LogP contribution >= 0.6 is 26.9 Å². The number of hydrogen-bond donors (Lipinski definition) is 4. The number of nitrogen functional groups attached to an aromatic ring is 1. The molecular formula is C22H24F2N8O11P2S. The summed E-state index contributed by atoms with van der Waals surface area (Å²) < 4.78 is 93.4. The normalized spacial score (nSPS) is 37.2. The topological polar surface area (TPSA) is 239 Å². The molecule has 3 fully saturated rings. The minimum Gasteiger partial charge on any atom is -0.387 e. The molecule has 2 unspecified atom stereocenters. The summed E-state index contributed by atoms with van der Waals surface area (Å²) in [5.41, 5.74) is 5.08. The predicted octanol–water partition coefficient (Wildman–Crippen LogP) is 0.745. The first-order valence-corrected chi connectivity index (χ1v) is 17.5. The molecule has 4 aromatic heterocycles. The lowest BCUT2D eigenvalue weighted by Gasteiger charge is -2.26. The molecule has 3 aliphatic heterocycles. The van der Waals surface area contributed by atoms with E-state index in [1.54, 1.807) is 0 Å². The number of nitrogens with zero attached hydrogens (tertiary/aromatic N) is 7. The van der Waals surface area contributed by atoms with Gasteiger partial charge in [-0.15, -0.1) is 0 Å². The molecule has 3 saturated heterocycles. The van der Waals surface area contributed by atoms with E-state index in [4.69, 9.17) is 33.3 Å². The predicted molar refractivity (Wildman–Crippen MR) is 151 cm³/mol. The van der Waals surface area contributed by atoms with Crippen molar-refractivity contribution < 1.29 is 55.5 Å².